The van der Waals surface area contributed by atoms with Crippen LogP contribution in [0.5, 0.6) is 5.75 Å². The average molecular weight is 518 g/mol. The molecule has 0 bridgehead atoms. The number of hydrogen-bond acceptors (Lipinski definition) is 5. The second-order valence-electron chi connectivity index (χ2n) is 9.73. The van der Waals surface area contributed by atoms with Gasteiger partial charge in [-0.1, -0.05) is 35.9 Å². The fraction of sp³-hybridized carbons (Fsp3) is 0.379. The fourth-order valence-corrected chi connectivity index (χ4v) is 4.46. The standard InChI is InChI=1S/C29H35N5O4/c1-22-11-13-26(14-12-22)38-17-16-31(2)27(35)21-34-20-25(18-30-34)32(3)28(36)24-10-7-15-33(19-24)29(37)23-8-5-4-6-9-23/h4-6,8-9,11-14,18,20,24H,7,10,15-17,19,21H2,1-3H3/t24-/m1/s1. The lowest BCUT2D eigenvalue weighted by molar-refractivity contribution is -0.131. The molecule has 4 rings (SSSR count). The molecule has 0 aliphatic carbocycles. The number of rotatable bonds is 9. The third kappa shape index (κ3) is 6.79. The molecule has 2 aromatic carbocycles. The van der Waals surface area contributed by atoms with Gasteiger partial charge in [0.15, 0.2) is 0 Å². The Kier molecular flexibility index (Phi) is 8.78. The van der Waals surface area contributed by atoms with Crippen LogP contribution < -0.4 is 9.64 Å². The third-order valence-corrected chi connectivity index (χ3v) is 6.86. The summed E-state index contributed by atoms with van der Waals surface area (Å²) in [6.07, 6.45) is 4.78. The molecule has 38 heavy (non-hydrogen) atoms. The van der Waals surface area contributed by atoms with Crippen molar-refractivity contribution in [1.29, 1.82) is 0 Å². The van der Waals surface area contributed by atoms with Gasteiger partial charge in [0.25, 0.3) is 5.91 Å². The Morgan fingerprint density at radius 1 is 1.05 bits per heavy atom. The number of likely N-dealkylation sites (N-methyl/N-ethyl adjacent to an activating group) is 1. The Bertz CT molecular complexity index is 1240. The highest BCUT2D eigenvalue weighted by molar-refractivity contribution is 5.97. The maximum Gasteiger partial charge on any atom is 0.253 e. The topological polar surface area (TPSA) is 88.0 Å². The summed E-state index contributed by atoms with van der Waals surface area (Å²) in [6.45, 7) is 3.94. The molecule has 1 aliphatic heterocycles. The molecular weight excluding hydrogens is 482 g/mol. The van der Waals surface area contributed by atoms with Crippen molar-refractivity contribution < 1.29 is 19.1 Å². The van der Waals surface area contributed by atoms with Gasteiger partial charge >= 0.3 is 0 Å². The van der Waals surface area contributed by atoms with Gasteiger partial charge in [0.2, 0.25) is 11.8 Å². The van der Waals surface area contributed by atoms with Gasteiger partial charge in [-0.15, -0.1) is 0 Å². The Labute approximate surface area is 223 Å². The largest absolute Gasteiger partial charge is 0.492 e. The van der Waals surface area contributed by atoms with Crippen molar-refractivity contribution in [1.82, 2.24) is 19.6 Å². The highest BCUT2D eigenvalue weighted by Gasteiger charge is 2.31. The number of carbonyl (C=O) groups is 3. The minimum atomic E-state index is -0.286. The molecule has 1 fully saturated rings. The van der Waals surface area contributed by atoms with Crippen molar-refractivity contribution in [2.24, 2.45) is 5.92 Å². The Hall–Kier alpha value is -4.14. The van der Waals surface area contributed by atoms with Crippen molar-refractivity contribution in [3.05, 3.63) is 78.1 Å². The molecule has 9 heteroatoms. The van der Waals surface area contributed by atoms with E-state index in [-0.39, 0.29) is 30.2 Å². The molecule has 9 nitrogen and oxygen atoms in total. The summed E-state index contributed by atoms with van der Waals surface area (Å²) in [4.78, 5) is 43.7. The summed E-state index contributed by atoms with van der Waals surface area (Å²) in [5.74, 6) is 0.262. The summed E-state index contributed by atoms with van der Waals surface area (Å²) in [7, 11) is 3.43. The Balaban J connectivity index is 1.27. The monoisotopic (exact) mass is 517 g/mol. The van der Waals surface area contributed by atoms with Crippen molar-refractivity contribution >= 4 is 23.4 Å². The number of likely N-dealkylation sites (tertiary alicyclic amines) is 1. The van der Waals surface area contributed by atoms with Gasteiger partial charge in [-0.3, -0.25) is 19.1 Å². The summed E-state index contributed by atoms with van der Waals surface area (Å²) in [5.41, 5.74) is 2.40. The van der Waals surface area contributed by atoms with E-state index in [4.69, 9.17) is 4.74 Å². The molecule has 0 radical (unpaired) electrons. The molecule has 0 spiro atoms. The number of hydrogen-bond donors (Lipinski definition) is 0. The Morgan fingerprint density at radius 2 is 1.79 bits per heavy atom. The number of carbonyl (C=O) groups excluding carboxylic acids is 3. The maximum absolute atomic E-state index is 13.3. The van der Waals surface area contributed by atoms with Crippen molar-refractivity contribution in [3.63, 3.8) is 0 Å². The first-order valence-corrected chi connectivity index (χ1v) is 12.9. The van der Waals surface area contributed by atoms with Crippen LogP contribution in [-0.4, -0.2) is 77.6 Å². The van der Waals surface area contributed by atoms with Crippen LogP contribution in [0.2, 0.25) is 0 Å². The average Bonchev–Trinajstić information content (AvgIpc) is 3.41. The molecule has 2 heterocycles. The number of anilines is 1. The van der Waals surface area contributed by atoms with Crippen LogP contribution in [0.4, 0.5) is 5.69 Å². The van der Waals surface area contributed by atoms with Gasteiger partial charge in [-0.2, -0.15) is 5.10 Å². The van der Waals surface area contributed by atoms with Gasteiger partial charge in [0.1, 0.15) is 18.9 Å². The quantitative estimate of drug-likeness (QED) is 0.435. The van der Waals surface area contributed by atoms with Crippen LogP contribution >= 0.6 is 0 Å². The molecular formula is C29H35N5O4. The van der Waals surface area contributed by atoms with E-state index in [1.165, 1.54) is 4.68 Å². The summed E-state index contributed by atoms with van der Waals surface area (Å²) in [6, 6.07) is 16.9. The van der Waals surface area contributed by atoms with Crippen LogP contribution in [0.3, 0.4) is 0 Å². The second kappa shape index (κ2) is 12.4. The first-order chi connectivity index (χ1) is 18.3. The lowest BCUT2D eigenvalue weighted by Crippen LogP contribution is -2.46. The van der Waals surface area contributed by atoms with E-state index in [2.05, 4.69) is 5.10 Å². The fourth-order valence-electron chi connectivity index (χ4n) is 4.46. The summed E-state index contributed by atoms with van der Waals surface area (Å²) in [5, 5.41) is 4.29. The molecule has 1 aromatic heterocycles. The number of piperidine rings is 1. The second-order valence-corrected chi connectivity index (χ2v) is 9.73. The van der Waals surface area contributed by atoms with Crippen molar-refractivity contribution in [2.75, 3.05) is 45.2 Å². The number of amides is 3. The molecule has 1 aliphatic rings. The predicted molar refractivity (Wildman–Crippen MR) is 145 cm³/mol. The van der Waals surface area contributed by atoms with E-state index < -0.39 is 0 Å². The first kappa shape index (κ1) is 26.9. The summed E-state index contributed by atoms with van der Waals surface area (Å²) < 4.78 is 7.25. The molecule has 0 N–H and O–H groups in total. The van der Waals surface area contributed by atoms with E-state index in [1.807, 2.05) is 49.4 Å². The van der Waals surface area contributed by atoms with Gasteiger partial charge in [-0.25, -0.2) is 0 Å². The van der Waals surface area contributed by atoms with E-state index in [9.17, 15) is 14.4 Å². The number of aromatic nitrogens is 2. The van der Waals surface area contributed by atoms with E-state index in [0.717, 1.165) is 24.2 Å². The molecule has 3 amide bonds. The SMILES string of the molecule is Cc1ccc(OCCN(C)C(=O)Cn2cc(N(C)C(=O)[C@@H]3CCCN(C(=O)c4ccccc4)C3)cn2)cc1. The number of benzene rings is 2. The third-order valence-electron chi connectivity index (χ3n) is 6.86. The minimum absolute atomic E-state index is 0.0505. The smallest absolute Gasteiger partial charge is 0.253 e. The number of nitrogens with zero attached hydrogens (tertiary/aromatic N) is 5. The van der Waals surface area contributed by atoms with Crippen LogP contribution in [0, 0.1) is 12.8 Å². The minimum Gasteiger partial charge on any atom is -0.492 e. The highest BCUT2D eigenvalue weighted by atomic mass is 16.5. The molecule has 0 unspecified atom stereocenters. The van der Waals surface area contributed by atoms with E-state index in [1.54, 1.807) is 53.3 Å². The normalized spacial score (nSPS) is 15.1. The number of ether oxygens (including phenoxy) is 1. The zero-order valence-electron chi connectivity index (χ0n) is 22.2. The van der Waals surface area contributed by atoms with Crippen LogP contribution in [-0.2, 0) is 16.1 Å². The molecule has 200 valence electrons. The lowest BCUT2D eigenvalue weighted by Gasteiger charge is -2.33. The van der Waals surface area contributed by atoms with Gasteiger partial charge in [0, 0.05) is 38.9 Å². The molecule has 3 aromatic rings. The highest BCUT2D eigenvalue weighted by Crippen LogP contribution is 2.23. The predicted octanol–water partition coefficient (Wildman–Crippen LogP) is 3.24. The zero-order valence-corrected chi connectivity index (χ0v) is 22.2. The zero-order chi connectivity index (χ0) is 27.1. The number of aryl methyl sites for hydroxylation is 1. The summed E-state index contributed by atoms with van der Waals surface area (Å²) >= 11 is 0. The lowest BCUT2D eigenvalue weighted by atomic mass is 9.96. The molecule has 0 saturated carbocycles. The Morgan fingerprint density at radius 3 is 2.53 bits per heavy atom. The van der Waals surface area contributed by atoms with Crippen LogP contribution in [0.1, 0.15) is 28.8 Å². The van der Waals surface area contributed by atoms with Crippen LogP contribution in [0.15, 0.2) is 67.0 Å². The molecule has 1 atom stereocenters. The van der Waals surface area contributed by atoms with Crippen molar-refractivity contribution in [3.8, 4) is 5.75 Å². The first-order valence-electron chi connectivity index (χ1n) is 12.9. The van der Waals surface area contributed by atoms with Gasteiger partial charge < -0.3 is 19.4 Å². The van der Waals surface area contributed by atoms with Gasteiger partial charge in [-0.05, 0) is 44.0 Å². The van der Waals surface area contributed by atoms with Gasteiger partial charge in [0.05, 0.1) is 24.3 Å². The van der Waals surface area contributed by atoms with Crippen molar-refractivity contribution in [2.45, 2.75) is 26.3 Å². The molecule has 1 saturated heterocycles. The van der Waals surface area contributed by atoms with E-state index in [0.29, 0.717) is 37.5 Å². The van der Waals surface area contributed by atoms with Crippen LogP contribution in [0.25, 0.3) is 0 Å². The maximum atomic E-state index is 13.3. The van der Waals surface area contributed by atoms with E-state index >= 15 is 0 Å².